The van der Waals surface area contributed by atoms with Gasteiger partial charge in [-0.1, -0.05) is 76.6 Å². The highest BCUT2D eigenvalue weighted by Crippen LogP contribution is 2.39. The number of benzene rings is 3. The molecule has 0 amide bonds. The summed E-state index contributed by atoms with van der Waals surface area (Å²) in [6.07, 6.45) is -0.320. The predicted octanol–water partition coefficient (Wildman–Crippen LogP) is 5.21. The Morgan fingerprint density at radius 3 is 1.75 bits per heavy atom. The van der Waals surface area contributed by atoms with Crippen molar-refractivity contribution in [2.75, 3.05) is 0 Å². The number of halogens is 1. The minimum atomic E-state index is -1.03. The molecule has 0 radical (unpaired) electrons. The Balaban J connectivity index is 2.00. The van der Waals surface area contributed by atoms with Crippen LogP contribution in [0.2, 0.25) is 0 Å². The van der Waals surface area contributed by atoms with E-state index in [0.29, 0.717) is 5.75 Å². The zero-order chi connectivity index (χ0) is 20.0. The second-order valence-electron chi connectivity index (χ2n) is 6.49. The number of rotatable bonds is 7. The van der Waals surface area contributed by atoms with E-state index in [1.54, 1.807) is 24.3 Å². The summed E-state index contributed by atoms with van der Waals surface area (Å²) in [5.41, 5.74) is 0.494. The minimum absolute atomic E-state index is 0.0939. The van der Waals surface area contributed by atoms with Crippen LogP contribution >= 0.6 is 15.9 Å². The standard InChI is InChI=1S/C23H19BrO4/c24-19-11-13-20(14-12-19)28-22(27)16-23(15-21(25)26,17-7-3-1-4-8-17)18-9-5-2-6-10-18/h1-14H,15-16H2,(H,25,26). The van der Waals surface area contributed by atoms with E-state index in [1.165, 1.54) is 0 Å². The van der Waals surface area contributed by atoms with Crippen molar-refractivity contribution in [2.45, 2.75) is 18.3 Å². The van der Waals surface area contributed by atoms with E-state index in [1.807, 2.05) is 60.7 Å². The molecule has 0 bridgehead atoms. The Kier molecular flexibility index (Phi) is 6.26. The number of ether oxygens (including phenoxy) is 1. The van der Waals surface area contributed by atoms with Crippen molar-refractivity contribution >= 4 is 27.9 Å². The van der Waals surface area contributed by atoms with E-state index in [2.05, 4.69) is 15.9 Å². The van der Waals surface area contributed by atoms with Gasteiger partial charge in [0.2, 0.25) is 0 Å². The largest absolute Gasteiger partial charge is 0.481 e. The van der Waals surface area contributed by atoms with E-state index in [-0.39, 0.29) is 12.8 Å². The monoisotopic (exact) mass is 438 g/mol. The van der Waals surface area contributed by atoms with Crippen molar-refractivity contribution in [3.05, 3.63) is 101 Å². The first-order valence-corrected chi connectivity index (χ1v) is 9.58. The Bertz CT molecular complexity index is 898. The summed E-state index contributed by atoms with van der Waals surface area (Å²) in [5, 5.41) is 9.65. The van der Waals surface area contributed by atoms with Crippen LogP contribution in [0.1, 0.15) is 24.0 Å². The SMILES string of the molecule is O=C(O)CC(CC(=O)Oc1ccc(Br)cc1)(c1ccccc1)c1ccccc1. The van der Waals surface area contributed by atoms with Crippen LogP contribution in [0.4, 0.5) is 0 Å². The molecule has 0 aliphatic heterocycles. The molecule has 1 N–H and O–H groups in total. The number of hydrogen-bond acceptors (Lipinski definition) is 3. The lowest BCUT2D eigenvalue weighted by atomic mass is 9.69. The number of carboxylic acid groups (broad SMARTS) is 1. The summed E-state index contributed by atoms with van der Waals surface area (Å²) in [6, 6.07) is 25.4. The van der Waals surface area contributed by atoms with Gasteiger partial charge in [0.05, 0.1) is 12.8 Å². The fourth-order valence-electron chi connectivity index (χ4n) is 3.33. The van der Waals surface area contributed by atoms with Gasteiger partial charge in [0, 0.05) is 9.89 Å². The molecule has 0 heterocycles. The molecule has 0 spiro atoms. The van der Waals surface area contributed by atoms with E-state index in [4.69, 9.17) is 4.74 Å². The van der Waals surface area contributed by atoms with Gasteiger partial charge in [-0.15, -0.1) is 0 Å². The molecule has 28 heavy (non-hydrogen) atoms. The van der Waals surface area contributed by atoms with Crippen LogP contribution in [-0.4, -0.2) is 17.0 Å². The number of hydrogen-bond donors (Lipinski definition) is 1. The second kappa shape index (κ2) is 8.85. The summed E-state index contributed by atoms with van der Waals surface area (Å²) in [5.74, 6) is -1.06. The molecule has 0 aliphatic carbocycles. The molecule has 0 unspecified atom stereocenters. The van der Waals surface area contributed by atoms with Crippen molar-refractivity contribution in [1.82, 2.24) is 0 Å². The van der Waals surface area contributed by atoms with Gasteiger partial charge < -0.3 is 9.84 Å². The molecule has 4 nitrogen and oxygen atoms in total. The highest BCUT2D eigenvalue weighted by Gasteiger charge is 2.39. The van der Waals surface area contributed by atoms with E-state index >= 15 is 0 Å². The average Bonchev–Trinajstić information content (AvgIpc) is 2.70. The number of esters is 1. The van der Waals surface area contributed by atoms with Crippen molar-refractivity contribution in [3.63, 3.8) is 0 Å². The Morgan fingerprint density at radius 2 is 1.29 bits per heavy atom. The van der Waals surface area contributed by atoms with Gasteiger partial charge in [0.25, 0.3) is 0 Å². The quantitative estimate of drug-likeness (QED) is 0.406. The fraction of sp³-hybridized carbons (Fsp3) is 0.130. The minimum Gasteiger partial charge on any atom is -0.481 e. The van der Waals surface area contributed by atoms with Gasteiger partial charge in [-0.3, -0.25) is 9.59 Å². The summed E-state index contributed by atoms with van der Waals surface area (Å²) >= 11 is 3.34. The average molecular weight is 439 g/mol. The van der Waals surface area contributed by atoms with Crippen molar-refractivity contribution in [3.8, 4) is 5.75 Å². The molecule has 0 saturated carbocycles. The van der Waals surface area contributed by atoms with E-state index in [0.717, 1.165) is 15.6 Å². The Morgan fingerprint density at radius 1 is 0.786 bits per heavy atom. The molecule has 0 atom stereocenters. The van der Waals surface area contributed by atoms with Crippen LogP contribution in [0.15, 0.2) is 89.4 Å². The molecule has 0 saturated heterocycles. The maximum atomic E-state index is 12.8. The van der Waals surface area contributed by atoms with Crippen LogP contribution in [0.5, 0.6) is 5.75 Å². The second-order valence-corrected chi connectivity index (χ2v) is 7.41. The normalized spacial score (nSPS) is 11.0. The lowest BCUT2D eigenvalue weighted by Crippen LogP contribution is -2.35. The first kappa shape index (κ1) is 19.8. The lowest BCUT2D eigenvalue weighted by Gasteiger charge is -2.33. The fourth-order valence-corrected chi connectivity index (χ4v) is 3.59. The molecular weight excluding hydrogens is 420 g/mol. The van der Waals surface area contributed by atoms with Gasteiger partial charge in [-0.2, -0.15) is 0 Å². The third kappa shape index (κ3) is 4.67. The first-order chi connectivity index (χ1) is 13.5. The van der Waals surface area contributed by atoms with E-state index < -0.39 is 17.4 Å². The van der Waals surface area contributed by atoms with Gasteiger partial charge in [0.1, 0.15) is 5.75 Å². The molecule has 0 aromatic heterocycles. The van der Waals surface area contributed by atoms with Crippen LogP contribution in [0.3, 0.4) is 0 Å². The molecule has 0 fully saturated rings. The molecular formula is C23H19BrO4. The van der Waals surface area contributed by atoms with Crippen molar-refractivity contribution in [1.29, 1.82) is 0 Å². The van der Waals surface area contributed by atoms with Gasteiger partial charge in [-0.05, 0) is 35.4 Å². The van der Waals surface area contributed by atoms with Crippen LogP contribution in [-0.2, 0) is 15.0 Å². The van der Waals surface area contributed by atoms with Crippen molar-refractivity contribution in [2.24, 2.45) is 0 Å². The highest BCUT2D eigenvalue weighted by atomic mass is 79.9. The molecule has 5 heteroatoms. The number of carbonyl (C=O) groups is 2. The zero-order valence-electron chi connectivity index (χ0n) is 15.0. The molecule has 3 aromatic rings. The van der Waals surface area contributed by atoms with Crippen LogP contribution in [0.25, 0.3) is 0 Å². The molecule has 0 aliphatic rings. The maximum absolute atomic E-state index is 12.8. The molecule has 3 rings (SSSR count). The first-order valence-electron chi connectivity index (χ1n) is 8.79. The molecule has 3 aromatic carbocycles. The van der Waals surface area contributed by atoms with Crippen LogP contribution < -0.4 is 4.74 Å². The zero-order valence-corrected chi connectivity index (χ0v) is 16.6. The Hall–Kier alpha value is -2.92. The van der Waals surface area contributed by atoms with Crippen molar-refractivity contribution < 1.29 is 19.4 Å². The van der Waals surface area contributed by atoms with Gasteiger partial charge in [-0.25, -0.2) is 0 Å². The van der Waals surface area contributed by atoms with E-state index in [9.17, 15) is 14.7 Å². The number of aliphatic carboxylic acids is 1. The summed E-state index contributed by atoms with van der Waals surface area (Å²) < 4.78 is 6.37. The molecule has 142 valence electrons. The van der Waals surface area contributed by atoms with Gasteiger partial charge >= 0.3 is 11.9 Å². The maximum Gasteiger partial charge on any atom is 0.312 e. The predicted molar refractivity (Wildman–Crippen MR) is 110 cm³/mol. The highest BCUT2D eigenvalue weighted by molar-refractivity contribution is 9.10. The third-order valence-corrected chi connectivity index (χ3v) is 5.13. The summed E-state index contributed by atoms with van der Waals surface area (Å²) in [7, 11) is 0. The van der Waals surface area contributed by atoms with Gasteiger partial charge in [0.15, 0.2) is 0 Å². The summed E-state index contributed by atoms with van der Waals surface area (Å²) in [6.45, 7) is 0. The summed E-state index contributed by atoms with van der Waals surface area (Å²) in [4.78, 5) is 24.6. The lowest BCUT2D eigenvalue weighted by molar-refractivity contribution is -0.139. The number of carboxylic acids is 1. The smallest absolute Gasteiger partial charge is 0.312 e. The number of carbonyl (C=O) groups excluding carboxylic acids is 1. The Labute approximate surface area is 171 Å². The third-order valence-electron chi connectivity index (χ3n) is 4.60. The van der Waals surface area contributed by atoms with Crippen LogP contribution in [0, 0.1) is 0 Å². The topological polar surface area (TPSA) is 63.6 Å².